The Morgan fingerprint density at radius 3 is 2.15 bits per heavy atom. The van der Waals surface area contributed by atoms with Crippen LogP contribution in [0.1, 0.15) is 64.4 Å². The molecule has 266 valence electrons. The van der Waals surface area contributed by atoms with E-state index < -0.39 is 71.5 Å². The summed E-state index contributed by atoms with van der Waals surface area (Å²) in [5, 5.41) is 29.9. The van der Waals surface area contributed by atoms with E-state index in [1.54, 1.807) is 24.3 Å². The summed E-state index contributed by atoms with van der Waals surface area (Å²) in [6.45, 7) is 3.76. The van der Waals surface area contributed by atoms with Gasteiger partial charge in [0.2, 0.25) is 23.6 Å². The van der Waals surface area contributed by atoms with Crippen molar-refractivity contribution in [2.75, 3.05) is 13.1 Å². The number of ketones is 1. The van der Waals surface area contributed by atoms with Crippen molar-refractivity contribution in [3.05, 3.63) is 42.0 Å². The zero-order chi connectivity index (χ0) is 35.8. The Labute approximate surface area is 280 Å². The highest BCUT2D eigenvalue weighted by molar-refractivity contribution is 5.97. The van der Waals surface area contributed by atoms with Crippen molar-refractivity contribution in [2.24, 2.45) is 29.0 Å². The van der Waals surface area contributed by atoms with Crippen LogP contribution in [0.2, 0.25) is 0 Å². The van der Waals surface area contributed by atoms with Crippen LogP contribution < -0.4 is 38.5 Å². The van der Waals surface area contributed by atoms with Gasteiger partial charge < -0.3 is 48.7 Å². The van der Waals surface area contributed by atoms with Gasteiger partial charge in [-0.15, -0.1) is 0 Å². The SMILES string of the molecule is CC(C)C[C@H](CC(=O)[C@H](Cc1ccc(O)cc1)NC(=O)[C@@H]1CC=CC[C@H](N)C(=O)N[C@@H](CCCCN)C(=O)N[C@@H](CN)C(=O)N1)C(=O)O. The molecule has 0 radical (unpaired) electrons. The predicted molar refractivity (Wildman–Crippen MR) is 178 cm³/mol. The number of aliphatic carboxylic acids is 1. The number of carboxylic acid groups (broad SMARTS) is 1. The van der Waals surface area contributed by atoms with Crippen molar-refractivity contribution in [1.82, 2.24) is 21.3 Å². The normalized spacial score (nSPS) is 22.1. The minimum Gasteiger partial charge on any atom is -0.508 e. The molecule has 0 aliphatic carbocycles. The summed E-state index contributed by atoms with van der Waals surface area (Å²) < 4.78 is 0. The monoisotopic (exact) mass is 673 g/mol. The Hall–Kier alpha value is -4.34. The number of phenolic OH excluding ortho intramolecular Hbond substituents is 1. The maximum absolute atomic E-state index is 13.7. The standard InChI is InChI=1S/C33H51N7O8/c1-19(2)15-21(33(47)48)17-28(42)26(16-20-10-12-22(41)13-11-20)39-30(44)25-8-4-3-7-23(36)29(43)37-24(9-5-6-14-34)31(45)40-27(18-35)32(46)38-25/h3-4,10-13,19,21,23-27,41H,5-9,14-18,34-36H2,1-2H3,(H,37,43)(H,38,46)(H,39,44)(H,40,45)(H,47,48)/t21-,23+,24+,25+,26+,27+/m1/s1. The van der Waals surface area contributed by atoms with Gasteiger partial charge in [0.05, 0.1) is 18.0 Å². The molecule has 1 aromatic rings. The third-order valence-corrected chi connectivity index (χ3v) is 7.98. The Balaban J connectivity index is 2.37. The highest BCUT2D eigenvalue weighted by Gasteiger charge is 2.33. The highest BCUT2D eigenvalue weighted by Crippen LogP contribution is 2.19. The number of nitrogens with two attached hydrogens (primary N) is 3. The molecule has 0 fully saturated rings. The van der Waals surface area contributed by atoms with Gasteiger partial charge in [0.15, 0.2) is 5.78 Å². The van der Waals surface area contributed by atoms with Gasteiger partial charge in [0, 0.05) is 13.0 Å². The maximum atomic E-state index is 13.7. The lowest BCUT2D eigenvalue weighted by molar-refractivity contribution is -0.144. The fourth-order valence-electron chi connectivity index (χ4n) is 5.24. The third kappa shape index (κ3) is 13.4. The zero-order valence-corrected chi connectivity index (χ0v) is 27.7. The second-order valence-corrected chi connectivity index (χ2v) is 12.5. The largest absolute Gasteiger partial charge is 0.508 e. The molecule has 1 aliphatic rings. The number of amides is 4. The first kappa shape index (κ1) is 39.8. The van der Waals surface area contributed by atoms with Crippen LogP contribution in [0.3, 0.4) is 0 Å². The third-order valence-electron chi connectivity index (χ3n) is 7.98. The summed E-state index contributed by atoms with van der Waals surface area (Å²) in [5.41, 5.74) is 18.0. The summed E-state index contributed by atoms with van der Waals surface area (Å²) >= 11 is 0. The molecule has 0 saturated heterocycles. The van der Waals surface area contributed by atoms with Gasteiger partial charge in [0.1, 0.15) is 23.9 Å². The van der Waals surface area contributed by atoms with E-state index >= 15 is 0 Å². The van der Waals surface area contributed by atoms with Crippen molar-refractivity contribution in [2.45, 2.75) is 95.4 Å². The smallest absolute Gasteiger partial charge is 0.306 e. The van der Waals surface area contributed by atoms with E-state index in [4.69, 9.17) is 17.2 Å². The zero-order valence-electron chi connectivity index (χ0n) is 27.7. The number of benzene rings is 1. The van der Waals surface area contributed by atoms with Crippen LogP contribution in [-0.4, -0.2) is 88.9 Å². The van der Waals surface area contributed by atoms with E-state index in [2.05, 4.69) is 21.3 Å². The molecule has 1 aliphatic heterocycles. The van der Waals surface area contributed by atoms with Gasteiger partial charge in [-0.25, -0.2) is 0 Å². The van der Waals surface area contributed by atoms with Crippen molar-refractivity contribution in [1.29, 1.82) is 0 Å². The number of unbranched alkanes of at least 4 members (excludes halogenated alkanes) is 1. The molecular weight excluding hydrogens is 622 g/mol. The lowest BCUT2D eigenvalue weighted by atomic mass is 9.89. The van der Waals surface area contributed by atoms with Crippen molar-refractivity contribution in [3.8, 4) is 5.75 Å². The van der Waals surface area contributed by atoms with Crippen molar-refractivity contribution >= 4 is 35.4 Å². The van der Waals surface area contributed by atoms with E-state index in [9.17, 15) is 39.0 Å². The van der Waals surface area contributed by atoms with Crippen LogP contribution in [0.15, 0.2) is 36.4 Å². The van der Waals surface area contributed by atoms with Gasteiger partial charge in [-0.2, -0.15) is 0 Å². The molecule has 0 saturated carbocycles. The van der Waals surface area contributed by atoms with Crippen LogP contribution in [0.5, 0.6) is 5.75 Å². The number of carbonyl (C=O) groups excluding carboxylic acids is 5. The number of aromatic hydroxyl groups is 1. The van der Waals surface area contributed by atoms with E-state index in [0.717, 1.165) is 0 Å². The van der Waals surface area contributed by atoms with Gasteiger partial charge in [-0.1, -0.05) is 38.1 Å². The van der Waals surface area contributed by atoms with Crippen LogP contribution in [0.4, 0.5) is 0 Å². The molecule has 15 nitrogen and oxygen atoms in total. The van der Waals surface area contributed by atoms with Gasteiger partial charge in [-0.05, 0) is 75.1 Å². The molecule has 4 amide bonds. The van der Waals surface area contributed by atoms with Crippen LogP contribution >= 0.6 is 0 Å². The molecule has 0 bridgehead atoms. The molecule has 48 heavy (non-hydrogen) atoms. The fraction of sp³-hybridized carbons (Fsp3) is 0.576. The molecule has 1 aromatic carbocycles. The van der Waals surface area contributed by atoms with E-state index in [-0.39, 0.29) is 56.7 Å². The second-order valence-electron chi connectivity index (χ2n) is 12.5. The number of rotatable bonds is 15. The first-order valence-electron chi connectivity index (χ1n) is 16.3. The number of nitrogens with one attached hydrogen (secondary N) is 4. The number of carbonyl (C=O) groups is 6. The summed E-state index contributed by atoms with van der Waals surface area (Å²) in [4.78, 5) is 78.5. The Morgan fingerprint density at radius 2 is 1.54 bits per heavy atom. The molecule has 15 heteroatoms. The Bertz CT molecular complexity index is 1290. The van der Waals surface area contributed by atoms with Crippen LogP contribution in [-0.2, 0) is 35.2 Å². The van der Waals surface area contributed by atoms with Crippen molar-refractivity contribution < 1.29 is 39.0 Å². The minimum atomic E-state index is -1.26. The number of phenols is 1. The molecule has 0 aromatic heterocycles. The molecule has 12 N–H and O–H groups in total. The van der Waals surface area contributed by atoms with E-state index in [1.165, 1.54) is 12.1 Å². The first-order chi connectivity index (χ1) is 22.7. The summed E-state index contributed by atoms with van der Waals surface area (Å²) in [6, 6.07) is 0.340. The van der Waals surface area contributed by atoms with Gasteiger partial charge in [-0.3, -0.25) is 28.8 Å². The average Bonchev–Trinajstić information content (AvgIpc) is 3.03. The van der Waals surface area contributed by atoms with Crippen molar-refractivity contribution in [3.63, 3.8) is 0 Å². The molecule has 0 spiro atoms. The molecule has 6 atom stereocenters. The second kappa shape index (κ2) is 20.1. The lowest BCUT2D eigenvalue weighted by Gasteiger charge is -2.27. The molecular formula is C33H51N7O8. The van der Waals surface area contributed by atoms with Crippen LogP contribution in [0.25, 0.3) is 0 Å². The number of Topliss-reactive ketones (excluding diaryl/α,β-unsaturated/α-hetero) is 1. The molecule has 2 rings (SSSR count). The van der Waals surface area contributed by atoms with Crippen LogP contribution in [0, 0.1) is 11.8 Å². The lowest BCUT2D eigenvalue weighted by Crippen LogP contribution is -2.60. The number of hydrogen-bond donors (Lipinski definition) is 9. The Morgan fingerprint density at radius 1 is 0.917 bits per heavy atom. The summed E-state index contributed by atoms with van der Waals surface area (Å²) in [6.07, 6.45) is 4.45. The summed E-state index contributed by atoms with van der Waals surface area (Å²) in [7, 11) is 0. The Kier molecular flexibility index (Phi) is 16.7. The molecule has 1 heterocycles. The number of hydrogen-bond acceptors (Lipinski definition) is 10. The highest BCUT2D eigenvalue weighted by atomic mass is 16.4. The fourth-order valence-corrected chi connectivity index (χ4v) is 5.24. The minimum absolute atomic E-state index is 0.00314. The quantitative estimate of drug-likeness (QED) is 0.0833. The predicted octanol–water partition coefficient (Wildman–Crippen LogP) is -0.655. The van der Waals surface area contributed by atoms with Gasteiger partial charge in [0.25, 0.3) is 0 Å². The van der Waals surface area contributed by atoms with Gasteiger partial charge >= 0.3 is 5.97 Å². The first-order valence-corrected chi connectivity index (χ1v) is 16.3. The van der Waals surface area contributed by atoms with E-state index in [0.29, 0.717) is 24.9 Å². The average molecular weight is 674 g/mol. The topological polar surface area (TPSA) is 269 Å². The summed E-state index contributed by atoms with van der Waals surface area (Å²) in [5.74, 6) is -5.32. The maximum Gasteiger partial charge on any atom is 0.306 e. The number of carboxylic acids is 1. The van der Waals surface area contributed by atoms with E-state index in [1.807, 2.05) is 13.8 Å². The molecule has 0 unspecified atom stereocenters.